The number of carbonyl (C=O) groups excluding carboxylic acids is 1. The number of ether oxygens (including phenoxy) is 1. The molecule has 2 aromatic rings. The van der Waals surface area contributed by atoms with Crippen molar-refractivity contribution < 1.29 is 9.53 Å². The van der Waals surface area contributed by atoms with Gasteiger partial charge < -0.3 is 15.0 Å². The minimum absolute atomic E-state index is 0.288. The van der Waals surface area contributed by atoms with Gasteiger partial charge in [0.15, 0.2) is 0 Å². The Balaban J connectivity index is 1.85. The summed E-state index contributed by atoms with van der Waals surface area (Å²) in [5.41, 5.74) is 2.51. The maximum atomic E-state index is 12.5. The molecule has 1 amide bonds. The van der Waals surface area contributed by atoms with Crippen LogP contribution in [-0.4, -0.2) is 41.1 Å². The van der Waals surface area contributed by atoms with E-state index in [4.69, 9.17) is 4.74 Å². The van der Waals surface area contributed by atoms with E-state index in [2.05, 4.69) is 25.2 Å². The Morgan fingerprint density at radius 3 is 2.50 bits per heavy atom. The Bertz CT molecular complexity index is 733. The quantitative estimate of drug-likeness (QED) is 0.928. The number of carbonyl (C=O) groups is 1. The summed E-state index contributed by atoms with van der Waals surface area (Å²) >= 11 is 0. The van der Waals surface area contributed by atoms with Gasteiger partial charge in [0.2, 0.25) is 11.8 Å². The lowest BCUT2D eigenvalue weighted by Gasteiger charge is -2.18. The molecule has 1 aliphatic heterocycles. The Labute approximate surface area is 141 Å². The SMILES string of the molecule is COc1ncccc1C(=O)Nc1c(C)nc(N2CCCC2)nc1C. The van der Waals surface area contributed by atoms with Gasteiger partial charge in [-0.25, -0.2) is 15.0 Å². The highest BCUT2D eigenvalue weighted by Gasteiger charge is 2.20. The summed E-state index contributed by atoms with van der Waals surface area (Å²) in [4.78, 5) is 27.9. The van der Waals surface area contributed by atoms with Crippen LogP contribution in [0.15, 0.2) is 18.3 Å². The first-order valence-electron chi connectivity index (χ1n) is 8.00. The summed E-state index contributed by atoms with van der Waals surface area (Å²) in [6, 6.07) is 3.37. The smallest absolute Gasteiger partial charge is 0.261 e. The number of rotatable bonds is 4. The zero-order chi connectivity index (χ0) is 17.1. The fraction of sp³-hybridized carbons (Fsp3) is 0.412. The van der Waals surface area contributed by atoms with Gasteiger partial charge in [0.1, 0.15) is 5.56 Å². The van der Waals surface area contributed by atoms with Crippen LogP contribution in [0.2, 0.25) is 0 Å². The fourth-order valence-electron chi connectivity index (χ4n) is 2.85. The molecule has 3 heterocycles. The number of aryl methyl sites for hydroxylation is 2. The van der Waals surface area contributed by atoms with E-state index in [1.54, 1.807) is 18.3 Å². The number of amides is 1. The Kier molecular flexibility index (Phi) is 4.59. The van der Waals surface area contributed by atoms with E-state index in [1.165, 1.54) is 20.0 Å². The van der Waals surface area contributed by atoms with Crippen LogP contribution in [0, 0.1) is 13.8 Å². The molecule has 1 fully saturated rings. The zero-order valence-electron chi connectivity index (χ0n) is 14.2. The van der Waals surface area contributed by atoms with E-state index >= 15 is 0 Å². The minimum Gasteiger partial charge on any atom is -0.480 e. The van der Waals surface area contributed by atoms with Gasteiger partial charge in [-0.1, -0.05) is 0 Å². The van der Waals surface area contributed by atoms with Gasteiger partial charge in [-0.15, -0.1) is 0 Å². The number of nitrogens with zero attached hydrogens (tertiary/aromatic N) is 4. The van der Waals surface area contributed by atoms with Crippen molar-refractivity contribution in [3.8, 4) is 5.88 Å². The number of nitrogens with one attached hydrogen (secondary N) is 1. The van der Waals surface area contributed by atoms with Crippen LogP contribution in [0.25, 0.3) is 0 Å². The predicted octanol–water partition coefficient (Wildman–Crippen LogP) is 2.35. The minimum atomic E-state index is -0.288. The molecule has 7 heteroatoms. The van der Waals surface area contributed by atoms with Crippen molar-refractivity contribution in [3.05, 3.63) is 35.3 Å². The van der Waals surface area contributed by atoms with Gasteiger partial charge in [-0.05, 0) is 38.8 Å². The highest BCUT2D eigenvalue weighted by atomic mass is 16.5. The van der Waals surface area contributed by atoms with Gasteiger partial charge in [0, 0.05) is 19.3 Å². The topological polar surface area (TPSA) is 80.2 Å². The second-order valence-corrected chi connectivity index (χ2v) is 5.78. The predicted molar refractivity (Wildman–Crippen MR) is 91.7 cm³/mol. The van der Waals surface area contributed by atoms with E-state index in [1.807, 2.05) is 13.8 Å². The van der Waals surface area contributed by atoms with Gasteiger partial charge in [0.25, 0.3) is 5.91 Å². The van der Waals surface area contributed by atoms with Crippen molar-refractivity contribution in [1.82, 2.24) is 15.0 Å². The van der Waals surface area contributed by atoms with E-state index < -0.39 is 0 Å². The van der Waals surface area contributed by atoms with Crippen molar-refractivity contribution in [2.45, 2.75) is 26.7 Å². The van der Waals surface area contributed by atoms with E-state index in [-0.39, 0.29) is 5.91 Å². The van der Waals surface area contributed by atoms with Crippen molar-refractivity contribution in [2.24, 2.45) is 0 Å². The molecule has 0 spiro atoms. The van der Waals surface area contributed by atoms with Crippen molar-refractivity contribution in [2.75, 3.05) is 30.4 Å². The van der Waals surface area contributed by atoms with Crippen LogP contribution >= 0.6 is 0 Å². The third-order valence-corrected chi connectivity index (χ3v) is 4.10. The summed E-state index contributed by atoms with van der Waals surface area (Å²) in [7, 11) is 1.49. The molecule has 1 N–H and O–H groups in total. The first kappa shape index (κ1) is 16.2. The number of hydrogen-bond acceptors (Lipinski definition) is 6. The monoisotopic (exact) mass is 327 g/mol. The molecular weight excluding hydrogens is 306 g/mol. The van der Waals surface area contributed by atoms with Crippen molar-refractivity contribution >= 4 is 17.5 Å². The van der Waals surface area contributed by atoms with Crippen LogP contribution in [-0.2, 0) is 0 Å². The Morgan fingerprint density at radius 2 is 1.88 bits per heavy atom. The second kappa shape index (κ2) is 6.82. The molecule has 7 nitrogen and oxygen atoms in total. The van der Waals surface area contributed by atoms with Gasteiger partial charge in [-0.2, -0.15) is 0 Å². The van der Waals surface area contributed by atoms with Crippen LogP contribution in [0.3, 0.4) is 0 Å². The maximum absolute atomic E-state index is 12.5. The van der Waals surface area contributed by atoms with E-state index in [0.29, 0.717) is 17.1 Å². The number of methoxy groups -OCH3 is 1. The lowest BCUT2D eigenvalue weighted by Crippen LogP contribution is -2.22. The molecule has 1 aliphatic rings. The highest BCUT2D eigenvalue weighted by molar-refractivity contribution is 6.06. The first-order chi connectivity index (χ1) is 11.6. The molecular formula is C17H21N5O2. The molecule has 2 aromatic heterocycles. The molecule has 0 radical (unpaired) electrons. The van der Waals surface area contributed by atoms with Gasteiger partial charge in [-0.3, -0.25) is 4.79 Å². The van der Waals surface area contributed by atoms with Crippen LogP contribution in [0.4, 0.5) is 11.6 Å². The standard InChI is InChI=1S/C17H21N5O2/c1-11-14(12(2)20-17(19-11)22-9-4-5-10-22)21-15(23)13-7-6-8-18-16(13)24-3/h6-8H,4-5,9-10H2,1-3H3,(H,21,23). The average Bonchev–Trinajstić information content (AvgIpc) is 3.12. The zero-order valence-corrected chi connectivity index (χ0v) is 14.2. The number of hydrogen-bond donors (Lipinski definition) is 1. The van der Waals surface area contributed by atoms with E-state index in [0.717, 1.165) is 30.4 Å². The molecule has 0 aromatic carbocycles. The Hall–Kier alpha value is -2.70. The molecule has 0 aliphatic carbocycles. The molecule has 0 unspecified atom stereocenters. The lowest BCUT2D eigenvalue weighted by atomic mass is 10.2. The van der Waals surface area contributed by atoms with Crippen LogP contribution in [0.5, 0.6) is 5.88 Å². The molecule has 0 atom stereocenters. The Morgan fingerprint density at radius 1 is 1.21 bits per heavy atom. The maximum Gasteiger partial charge on any atom is 0.261 e. The third kappa shape index (κ3) is 3.15. The summed E-state index contributed by atoms with van der Waals surface area (Å²) < 4.78 is 5.14. The normalized spacial score (nSPS) is 13.9. The van der Waals surface area contributed by atoms with Crippen molar-refractivity contribution in [3.63, 3.8) is 0 Å². The third-order valence-electron chi connectivity index (χ3n) is 4.10. The number of pyridine rings is 1. The van der Waals surface area contributed by atoms with Crippen LogP contribution in [0.1, 0.15) is 34.6 Å². The van der Waals surface area contributed by atoms with Gasteiger partial charge >= 0.3 is 0 Å². The van der Waals surface area contributed by atoms with Gasteiger partial charge in [0.05, 0.1) is 24.2 Å². The first-order valence-corrected chi connectivity index (χ1v) is 8.00. The van der Waals surface area contributed by atoms with Crippen molar-refractivity contribution in [1.29, 1.82) is 0 Å². The summed E-state index contributed by atoms with van der Waals surface area (Å²) in [6.07, 6.45) is 3.92. The van der Waals surface area contributed by atoms with E-state index in [9.17, 15) is 4.79 Å². The lowest BCUT2D eigenvalue weighted by molar-refractivity contribution is 0.102. The molecule has 126 valence electrons. The number of anilines is 2. The second-order valence-electron chi connectivity index (χ2n) is 5.78. The molecule has 0 saturated carbocycles. The molecule has 0 bridgehead atoms. The fourth-order valence-corrected chi connectivity index (χ4v) is 2.85. The summed E-state index contributed by atoms with van der Waals surface area (Å²) in [6.45, 7) is 5.73. The summed E-state index contributed by atoms with van der Waals surface area (Å²) in [5, 5.41) is 2.88. The number of aromatic nitrogens is 3. The molecule has 3 rings (SSSR count). The van der Waals surface area contributed by atoms with Crippen LogP contribution < -0.4 is 15.0 Å². The average molecular weight is 327 g/mol. The summed E-state index contributed by atoms with van der Waals surface area (Å²) in [5.74, 6) is 0.739. The highest BCUT2D eigenvalue weighted by Crippen LogP contribution is 2.24. The molecule has 24 heavy (non-hydrogen) atoms. The largest absolute Gasteiger partial charge is 0.480 e. The molecule has 1 saturated heterocycles.